The molecular formula is C20H19N3O3. The van der Waals surface area contributed by atoms with E-state index < -0.39 is 0 Å². The largest absolute Gasteiger partial charge is 0.427 e. The molecule has 0 aliphatic carbocycles. The highest BCUT2D eigenvalue weighted by molar-refractivity contribution is 5.95. The lowest BCUT2D eigenvalue weighted by atomic mass is 10.1. The minimum absolute atomic E-state index is 0.116. The van der Waals surface area contributed by atoms with Crippen LogP contribution >= 0.6 is 0 Å². The number of pyridine rings is 1. The van der Waals surface area contributed by atoms with Gasteiger partial charge < -0.3 is 15.4 Å². The highest BCUT2D eigenvalue weighted by Gasteiger charge is 2.04. The maximum atomic E-state index is 12.1. The first-order valence-electron chi connectivity index (χ1n) is 8.22. The van der Waals surface area contributed by atoms with Crippen LogP contribution in [-0.4, -0.2) is 23.4 Å². The molecule has 0 fully saturated rings. The lowest BCUT2D eigenvalue weighted by Crippen LogP contribution is -2.27. The summed E-state index contributed by atoms with van der Waals surface area (Å²) in [5, 5.41) is 8.02. The van der Waals surface area contributed by atoms with E-state index >= 15 is 0 Å². The molecule has 3 rings (SSSR count). The van der Waals surface area contributed by atoms with Gasteiger partial charge in [0.15, 0.2) is 0 Å². The van der Waals surface area contributed by atoms with Crippen LogP contribution in [0.25, 0.3) is 10.8 Å². The predicted molar refractivity (Wildman–Crippen MR) is 99.8 cm³/mol. The van der Waals surface area contributed by atoms with E-state index in [0.717, 1.165) is 22.0 Å². The van der Waals surface area contributed by atoms with Crippen LogP contribution < -0.4 is 15.4 Å². The molecule has 2 aromatic carbocycles. The second kappa shape index (κ2) is 8.22. The van der Waals surface area contributed by atoms with Gasteiger partial charge in [0.2, 0.25) is 5.91 Å². The number of carbonyl (C=O) groups is 2. The van der Waals surface area contributed by atoms with Crippen molar-refractivity contribution in [3.63, 3.8) is 0 Å². The number of anilines is 1. The van der Waals surface area contributed by atoms with Crippen LogP contribution in [-0.2, 0) is 16.1 Å². The lowest BCUT2D eigenvalue weighted by Gasteiger charge is -2.08. The number of esters is 1. The third-order valence-electron chi connectivity index (χ3n) is 3.72. The fourth-order valence-electron chi connectivity index (χ4n) is 2.53. The van der Waals surface area contributed by atoms with E-state index in [1.807, 2.05) is 36.4 Å². The summed E-state index contributed by atoms with van der Waals surface area (Å²) in [6.07, 6.45) is 3.51. The zero-order valence-corrected chi connectivity index (χ0v) is 14.4. The van der Waals surface area contributed by atoms with Crippen molar-refractivity contribution in [3.8, 4) is 5.75 Å². The summed E-state index contributed by atoms with van der Waals surface area (Å²) in [4.78, 5) is 27.0. The van der Waals surface area contributed by atoms with E-state index in [4.69, 9.17) is 4.74 Å². The van der Waals surface area contributed by atoms with Crippen LogP contribution in [0.4, 0.5) is 5.69 Å². The molecule has 0 unspecified atom stereocenters. The molecule has 0 aliphatic heterocycles. The maximum Gasteiger partial charge on any atom is 0.308 e. The van der Waals surface area contributed by atoms with E-state index in [2.05, 4.69) is 15.6 Å². The minimum Gasteiger partial charge on any atom is -0.427 e. The SMILES string of the molecule is CC(=O)Oc1ccc(CNCC(=O)Nc2ccc3cnccc3c2)cc1. The molecular weight excluding hydrogens is 330 g/mol. The molecule has 6 heteroatoms. The van der Waals surface area contributed by atoms with Crippen molar-refractivity contribution in [2.45, 2.75) is 13.5 Å². The summed E-state index contributed by atoms with van der Waals surface area (Å²) in [6.45, 7) is 2.09. The average Bonchev–Trinajstić information content (AvgIpc) is 2.62. The fraction of sp³-hybridized carbons (Fsp3) is 0.150. The summed E-state index contributed by atoms with van der Waals surface area (Å²) in [6, 6.07) is 14.8. The Morgan fingerprint density at radius 3 is 2.62 bits per heavy atom. The number of ether oxygens (including phenoxy) is 1. The molecule has 1 heterocycles. The Bertz CT molecular complexity index is 923. The Balaban J connectivity index is 1.48. The smallest absolute Gasteiger partial charge is 0.308 e. The third-order valence-corrected chi connectivity index (χ3v) is 3.72. The van der Waals surface area contributed by atoms with E-state index in [1.165, 1.54) is 6.92 Å². The van der Waals surface area contributed by atoms with Crippen LogP contribution in [0.1, 0.15) is 12.5 Å². The topological polar surface area (TPSA) is 80.3 Å². The van der Waals surface area contributed by atoms with Gasteiger partial charge in [0.25, 0.3) is 0 Å². The van der Waals surface area contributed by atoms with E-state index in [9.17, 15) is 9.59 Å². The van der Waals surface area contributed by atoms with E-state index in [-0.39, 0.29) is 18.4 Å². The second-order valence-corrected chi connectivity index (χ2v) is 5.83. The number of aromatic nitrogens is 1. The molecule has 26 heavy (non-hydrogen) atoms. The first kappa shape index (κ1) is 17.6. The molecule has 1 aromatic heterocycles. The molecule has 0 aliphatic rings. The summed E-state index contributed by atoms with van der Waals surface area (Å²) in [5.74, 6) is 0.0398. The maximum absolute atomic E-state index is 12.1. The molecule has 0 radical (unpaired) electrons. The van der Waals surface area contributed by atoms with Crippen molar-refractivity contribution in [2.75, 3.05) is 11.9 Å². The summed E-state index contributed by atoms with van der Waals surface area (Å²) >= 11 is 0. The molecule has 0 bridgehead atoms. The van der Waals surface area contributed by atoms with Crippen molar-refractivity contribution in [1.29, 1.82) is 0 Å². The van der Waals surface area contributed by atoms with Gasteiger partial charge in [-0.15, -0.1) is 0 Å². The zero-order chi connectivity index (χ0) is 18.4. The average molecular weight is 349 g/mol. The standard InChI is InChI=1S/C20H19N3O3/c1-14(24)26-19-6-2-15(3-7-19)11-22-13-20(25)23-18-5-4-17-12-21-9-8-16(17)10-18/h2-10,12,22H,11,13H2,1H3,(H,23,25). The van der Waals surface area contributed by atoms with Crippen LogP contribution in [0.3, 0.4) is 0 Å². The quantitative estimate of drug-likeness (QED) is 0.528. The zero-order valence-electron chi connectivity index (χ0n) is 14.4. The van der Waals surface area contributed by atoms with Gasteiger partial charge >= 0.3 is 5.97 Å². The number of amides is 1. The van der Waals surface area contributed by atoms with Crippen molar-refractivity contribution in [3.05, 3.63) is 66.5 Å². The molecule has 0 spiro atoms. The van der Waals surface area contributed by atoms with Gasteiger partial charge in [0, 0.05) is 36.9 Å². The Morgan fingerprint density at radius 2 is 1.85 bits per heavy atom. The van der Waals surface area contributed by atoms with Crippen LogP contribution in [0.15, 0.2) is 60.9 Å². The van der Waals surface area contributed by atoms with Crippen molar-refractivity contribution >= 4 is 28.3 Å². The van der Waals surface area contributed by atoms with Gasteiger partial charge in [-0.25, -0.2) is 0 Å². The highest BCUT2D eigenvalue weighted by Crippen LogP contribution is 2.17. The number of carbonyl (C=O) groups excluding carboxylic acids is 2. The molecule has 0 saturated carbocycles. The first-order valence-corrected chi connectivity index (χ1v) is 8.22. The molecule has 6 nitrogen and oxygen atoms in total. The fourth-order valence-corrected chi connectivity index (χ4v) is 2.53. The van der Waals surface area contributed by atoms with Crippen LogP contribution in [0.2, 0.25) is 0 Å². The third kappa shape index (κ3) is 4.87. The minimum atomic E-state index is -0.350. The van der Waals surface area contributed by atoms with Crippen LogP contribution in [0, 0.1) is 0 Å². The number of rotatable bonds is 6. The van der Waals surface area contributed by atoms with Gasteiger partial charge in [-0.1, -0.05) is 18.2 Å². The molecule has 0 atom stereocenters. The number of nitrogens with zero attached hydrogens (tertiary/aromatic N) is 1. The Kier molecular flexibility index (Phi) is 5.56. The van der Waals surface area contributed by atoms with E-state index in [0.29, 0.717) is 12.3 Å². The second-order valence-electron chi connectivity index (χ2n) is 5.83. The Hall–Kier alpha value is -3.25. The first-order chi connectivity index (χ1) is 12.6. The van der Waals surface area contributed by atoms with Gasteiger partial charge in [-0.05, 0) is 41.3 Å². The predicted octanol–water partition coefficient (Wildman–Crippen LogP) is 2.89. The number of hydrogen-bond donors (Lipinski definition) is 2. The molecule has 3 aromatic rings. The molecule has 1 amide bonds. The Morgan fingerprint density at radius 1 is 1.04 bits per heavy atom. The van der Waals surface area contributed by atoms with Gasteiger partial charge in [0.05, 0.1) is 6.54 Å². The summed E-state index contributed by atoms with van der Waals surface area (Å²) < 4.78 is 4.98. The van der Waals surface area contributed by atoms with Crippen molar-refractivity contribution in [1.82, 2.24) is 10.3 Å². The van der Waals surface area contributed by atoms with Crippen molar-refractivity contribution < 1.29 is 14.3 Å². The molecule has 2 N–H and O–H groups in total. The lowest BCUT2D eigenvalue weighted by molar-refractivity contribution is -0.131. The number of hydrogen-bond acceptors (Lipinski definition) is 5. The summed E-state index contributed by atoms with van der Waals surface area (Å²) in [5.41, 5.74) is 1.74. The number of benzene rings is 2. The van der Waals surface area contributed by atoms with Gasteiger partial charge in [-0.2, -0.15) is 0 Å². The van der Waals surface area contributed by atoms with Crippen molar-refractivity contribution in [2.24, 2.45) is 0 Å². The summed E-state index contributed by atoms with van der Waals surface area (Å²) in [7, 11) is 0. The molecule has 0 saturated heterocycles. The number of nitrogens with one attached hydrogen (secondary N) is 2. The highest BCUT2D eigenvalue weighted by atomic mass is 16.5. The number of fused-ring (bicyclic) bond motifs is 1. The van der Waals surface area contributed by atoms with Crippen LogP contribution in [0.5, 0.6) is 5.75 Å². The van der Waals surface area contributed by atoms with Gasteiger partial charge in [0.1, 0.15) is 5.75 Å². The van der Waals surface area contributed by atoms with Gasteiger partial charge in [-0.3, -0.25) is 14.6 Å². The monoisotopic (exact) mass is 349 g/mol. The Labute approximate surface area is 151 Å². The van der Waals surface area contributed by atoms with E-state index in [1.54, 1.807) is 24.5 Å². The molecule has 132 valence electrons. The normalized spacial score (nSPS) is 10.5.